The molecule has 1 aliphatic heterocycles. The van der Waals surface area contributed by atoms with Gasteiger partial charge < -0.3 is 9.47 Å². The van der Waals surface area contributed by atoms with Crippen molar-refractivity contribution in [2.24, 2.45) is 0 Å². The van der Waals surface area contributed by atoms with E-state index in [-0.39, 0.29) is 0 Å². The van der Waals surface area contributed by atoms with Crippen LogP contribution in [0.5, 0.6) is 11.5 Å². The number of fused-ring (bicyclic) bond motifs is 1. The molecule has 0 saturated carbocycles. The first-order chi connectivity index (χ1) is 4.86. The van der Waals surface area contributed by atoms with Crippen molar-refractivity contribution in [2.75, 3.05) is 6.79 Å². The van der Waals surface area contributed by atoms with Crippen LogP contribution in [-0.4, -0.2) is 14.6 Å². The van der Waals surface area contributed by atoms with Crippen molar-refractivity contribution in [1.29, 1.82) is 0 Å². The van der Waals surface area contributed by atoms with Crippen LogP contribution in [0.4, 0.5) is 0 Å². The molecule has 0 radical (unpaired) electrons. The Kier molecular flexibility index (Phi) is 1.10. The highest BCUT2D eigenvalue weighted by Crippen LogP contribution is 2.29. The summed E-state index contributed by atoms with van der Waals surface area (Å²) < 4.78 is 10.3. The summed E-state index contributed by atoms with van der Waals surface area (Å²) in [6, 6.07) is 5.91. The summed E-state index contributed by atoms with van der Waals surface area (Å²) in [4.78, 5) is 0. The van der Waals surface area contributed by atoms with Crippen LogP contribution >= 0.6 is 0 Å². The van der Waals surface area contributed by atoms with E-state index in [2.05, 4.69) is 0 Å². The summed E-state index contributed by atoms with van der Waals surface area (Å²) >= 11 is 0. The Balaban J connectivity index is 2.52. The van der Waals surface area contributed by atoms with Crippen molar-refractivity contribution in [2.45, 2.75) is 0 Å². The van der Waals surface area contributed by atoms with Gasteiger partial charge in [-0.25, -0.2) is 0 Å². The SMILES string of the molecule is Bc1ccc2c(c1)OCO2. The van der Waals surface area contributed by atoms with E-state index in [1.54, 1.807) is 0 Å². The molecule has 0 N–H and O–H groups in total. The summed E-state index contributed by atoms with van der Waals surface area (Å²) in [7, 11) is 2.03. The Morgan fingerprint density at radius 2 is 2.00 bits per heavy atom. The fraction of sp³-hybridized carbons (Fsp3) is 0.143. The van der Waals surface area contributed by atoms with Gasteiger partial charge in [-0.1, -0.05) is 11.5 Å². The van der Waals surface area contributed by atoms with Crippen LogP contribution in [0.3, 0.4) is 0 Å². The summed E-state index contributed by atoms with van der Waals surface area (Å²) in [6.07, 6.45) is 0. The zero-order valence-corrected chi connectivity index (χ0v) is 5.76. The summed E-state index contributed by atoms with van der Waals surface area (Å²) in [5.41, 5.74) is 1.20. The topological polar surface area (TPSA) is 18.5 Å². The van der Waals surface area contributed by atoms with Crippen LogP contribution in [0.1, 0.15) is 0 Å². The highest BCUT2D eigenvalue weighted by Gasteiger charge is 2.11. The zero-order chi connectivity index (χ0) is 6.97. The predicted molar refractivity (Wildman–Crippen MR) is 40.7 cm³/mol. The van der Waals surface area contributed by atoms with Gasteiger partial charge in [0, 0.05) is 0 Å². The fourth-order valence-electron chi connectivity index (χ4n) is 1.00. The zero-order valence-electron chi connectivity index (χ0n) is 5.76. The van der Waals surface area contributed by atoms with Gasteiger partial charge in [-0.2, -0.15) is 0 Å². The van der Waals surface area contributed by atoms with E-state index < -0.39 is 0 Å². The maximum Gasteiger partial charge on any atom is 0.231 e. The summed E-state index contributed by atoms with van der Waals surface area (Å²) in [6.45, 7) is 0.360. The standard InChI is InChI=1S/C7H7BO2/c8-5-1-2-6-7(3-5)10-4-9-6/h1-3H,4,8H2. The van der Waals surface area contributed by atoms with E-state index in [1.165, 1.54) is 5.46 Å². The Morgan fingerprint density at radius 3 is 2.90 bits per heavy atom. The van der Waals surface area contributed by atoms with Crippen LogP contribution < -0.4 is 14.9 Å². The third-order valence-electron chi connectivity index (χ3n) is 1.53. The molecule has 0 amide bonds. The largest absolute Gasteiger partial charge is 0.454 e. The summed E-state index contributed by atoms with van der Waals surface area (Å²) in [5.74, 6) is 1.71. The number of hydrogen-bond donors (Lipinski definition) is 0. The molecule has 2 rings (SSSR count). The van der Waals surface area contributed by atoms with Gasteiger partial charge >= 0.3 is 0 Å². The number of ether oxygens (including phenoxy) is 2. The van der Waals surface area contributed by atoms with Gasteiger partial charge in [-0.3, -0.25) is 0 Å². The van der Waals surface area contributed by atoms with E-state index in [0.29, 0.717) is 6.79 Å². The molecule has 3 heteroatoms. The van der Waals surface area contributed by atoms with Crippen LogP contribution in [0, 0.1) is 0 Å². The van der Waals surface area contributed by atoms with Crippen LogP contribution in [0.25, 0.3) is 0 Å². The van der Waals surface area contributed by atoms with Gasteiger partial charge in [-0.05, 0) is 12.1 Å². The molecule has 10 heavy (non-hydrogen) atoms. The number of rotatable bonds is 0. The van der Waals surface area contributed by atoms with Gasteiger partial charge in [-0.15, -0.1) is 0 Å². The fourth-order valence-corrected chi connectivity index (χ4v) is 1.00. The molecule has 0 atom stereocenters. The van der Waals surface area contributed by atoms with Crippen molar-refractivity contribution in [1.82, 2.24) is 0 Å². The molecule has 0 aromatic heterocycles. The lowest BCUT2D eigenvalue weighted by Crippen LogP contribution is -1.99. The molecule has 0 aliphatic carbocycles. The van der Waals surface area contributed by atoms with Gasteiger partial charge in [0.1, 0.15) is 7.85 Å². The second-order valence-corrected chi connectivity index (χ2v) is 2.36. The lowest BCUT2D eigenvalue weighted by atomic mass is 9.96. The van der Waals surface area contributed by atoms with Crippen molar-refractivity contribution >= 4 is 13.3 Å². The average molecular weight is 134 g/mol. The van der Waals surface area contributed by atoms with E-state index in [4.69, 9.17) is 9.47 Å². The van der Waals surface area contributed by atoms with E-state index in [0.717, 1.165) is 11.5 Å². The normalized spacial score (nSPS) is 13.6. The van der Waals surface area contributed by atoms with Crippen LogP contribution in [-0.2, 0) is 0 Å². The Bertz CT molecular complexity index is 260. The molecule has 50 valence electrons. The molecule has 1 aromatic rings. The minimum Gasteiger partial charge on any atom is -0.454 e. The summed E-state index contributed by atoms with van der Waals surface area (Å²) in [5, 5.41) is 0. The second kappa shape index (κ2) is 1.94. The first-order valence-corrected chi connectivity index (χ1v) is 3.22. The minimum atomic E-state index is 0.360. The lowest BCUT2D eigenvalue weighted by Gasteiger charge is -1.94. The number of benzene rings is 1. The maximum absolute atomic E-state index is 5.16. The molecule has 2 nitrogen and oxygen atoms in total. The molecular weight excluding hydrogens is 127 g/mol. The predicted octanol–water partition coefficient (Wildman–Crippen LogP) is -0.326. The molecule has 0 spiro atoms. The Hall–Kier alpha value is -1.12. The highest BCUT2D eigenvalue weighted by atomic mass is 16.7. The third kappa shape index (κ3) is 0.745. The van der Waals surface area contributed by atoms with Crippen molar-refractivity contribution in [3.63, 3.8) is 0 Å². The van der Waals surface area contributed by atoms with Crippen LogP contribution in [0.2, 0.25) is 0 Å². The van der Waals surface area contributed by atoms with E-state index in [9.17, 15) is 0 Å². The first-order valence-electron chi connectivity index (χ1n) is 3.22. The van der Waals surface area contributed by atoms with Gasteiger partial charge in [0.15, 0.2) is 11.5 Å². The minimum absolute atomic E-state index is 0.360. The molecule has 0 bridgehead atoms. The maximum atomic E-state index is 5.16. The van der Waals surface area contributed by atoms with Crippen LogP contribution in [0.15, 0.2) is 18.2 Å². The van der Waals surface area contributed by atoms with Crippen molar-refractivity contribution in [3.8, 4) is 11.5 Å². The molecule has 1 heterocycles. The quantitative estimate of drug-likeness (QED) is 0.452. The molecular formula is C7H7BO2. The molecule has 0 saturated heterocycles. The van der Waals surface area contributed by atoms with Crippen molar-refractivity contribution in [3.05, 3.63) is 18.2 Å². The first kappa shape index (κ1) is 5.65. The van der Waals surface area contributed by atoms with E-state index >= 15 is 0 Å². The third-order valence-corrected chi connectivity index (χ3v) is 1.53. The molecule has 0 fully saturated rings. The van der Waals surface area contributed by atoms with Gasteiger partial charge in [0.2, 0.25) is 6.79 Å². The van der Waals surface area contributed by atoms with E-state index in [1.807, 2.05) is 26.0 Å². The lowest BCUT2D eigenvalue weighted by molar-refractivity contribution is 0.174. The molecule has 1 aliphatic rings. The second-order valence-electron chi connectivity index (χ2n) is 2.36. The monoisotopic (exact) mass is 134 g/mol. The highest BCUT2D eigenvalue weighted by molar-refractivity contribution is 6.32. The Morgan fingerprint density at radius 1 is 1.20 bits per heavy atom. The molecule has 1 aromatic carbocycles. The average Bonchev–Trinajstić information content (AvgIpc) is 2.33. The van der Waals surface area contributed by atoms with Gasteiger partial charge in [0.05, 0.1) is 0 Å². The molecule has 0 unspecified atom stereocenters. The number of hydrogen-bond acceptors (Lipinski definition) is 2. The van der Waals surface area contributed by atoms with Crippen molar-refractivity contribution < 1.29 is 9.47 Å². The van der Waals surface area contributed by atoms with Gasteiger partial charge in [0.25, 0.3) is 0 Å². The smallest absolute Gasteiger partial charge is 0.231 e. The Labute approximate surface area is 60.2 Å².